The number of aromatic carboxylic acids is 1. The van der Waals surface area contributed by atoms with Crippen LogP contribution in [0, 0.1) is 0 Å². The third-order valence-electron chi connectivity index (χ3n) is 2.72. The fourth-order valence-electron chi connectivity index (χ4n) is 1.74. The highest BCUT2D eigenvalue weighted by Crippen LogP contribution is 2.28. The average molecular weight is 293 g/mol. The lowest BCUT2D eigenvalue weighted by molar-refractivity contribution is 0.0689. The Morgan fingerprint density at radius 2 is 2.10 bits per heavy atom. The summed E-state index contributed by atoms with van der Waals surface area (Å²) >= 11 is 1.35. The first-order valence-corrected chi connectivity index (χ1v) is 6.86. The van der Waals surface area contributed by atoms with E-state index in [2.05, 4.69) is 9.97 Å². The zero-order chi connectivity index (χ0) is 14.5. The highest BCUT2D eigenvalue weighted by molar-refractivity contribution is 7.15. The van der Waals surface area contributed by atoms with Crippen LogP contribution in [0.2, 0.25) is 0 Å². The first-order chi connectivity index (χ1) is 9.61. The Balaban J connectivity index is 2.31. The van der Waals surface area contributed by atoms with Gasteiger partial charge < -0.3 is 10.2 Å². The van der Waals surface area contributed by atoms with Crippen molar-refractivity contribution in [1.29, 1.82) is 0 Å². The zero-order valence-electron chi connectivity index (χ0n) is 11.0. The molecule has 2 N–H and O–H groups in total. The topological polar surface area (TPSA) is 86.5 Å². The van der Waals surface area contributed by atoms with Gasteiger partial charge in [0.25, 0.3) is 0 Å². The number of rotatable bonds is 6. The molecule has 0 saturated heterocycles. The highest BCUT2D eigenvalue weighted by atomic mass is 32.1. The van der Waals surface area contributed by atoms with Crippen LogP contribution < -0.4 is 0 Å². The molecule has 0 aromatic carbocycles. The van der Waals surface area contributed by atoms with Crippen molar-refractivity contribution in [2.24, 2.45) is 0 Å². The molecule has 2 heterocycles. The second-order valence-electron chi connectivity index (χ2n) is 4.29. The molecule has 0 spiro atoms. The van der Waals surface area contributed by atoms with Gasteiger partial charge in [0.05, 0.1) is 11.5 Å². The predicted molar refractivity (Wildman–Crippen MR) is 75.7 cm³/mol. The van der Waals surface area contributed by atoms with Gasteiger partial charge in [-0.25, -0.2) is 9.78 Å². The Hall–Kier alpha value is -1.83. The number of thiazole rings is 1. The van der Waals surface area contributed by atoms with E-state index in [1.165, 1.54) is 11.3 Å². The molecule has 6 nitrogen and oxygen atoms in total. The maximum absolute atomic E-state index is 11.3. The van der Waals surface area contributed by atoms with E-state index in [1.807, 2.05) is 11.9 Å². The summed E-state index contributed by atoms with van der Waals surface area (Å²) in [5, 5.41) is 18.8. The largest absolute Gasteiger partial charge is 0.476 e. The van der Waals surface area contributed by atoms with Crippen molar-refractivity contribution in [1.82, 2.24) is 14.9 Å². The summed E-state index contributed by atoms with van der Waals surface area (Å²) in [5.41, 5.74) is 0.926. The van der Waals surface area contributed by atoms with Gasteiger partial charge in [0.1, 0.15) is 5.01 Å². The van der Waals surface area contributed by atoms with Crippen LogP contribution in [0.25, 0.3) is 10.6 Å². The van der Waals surface area contributed by atoms with Crippen molar-refractivity contribution in [2.75, 3.05) is 20.2 Å². The molecular formula is C13H15N3O3S. The Bertz CT molecular complexity index is 586. The van der Waals surface area contributed by atoms with Gasteiger partial charge in [0.2, 0.25) is 0 Å². The molecule has 0 radical (unpaired) electrons. The molecule has 0 saturated carbocycles. The van der Waals surface area contributed by atoms with Crippen molar-refractivity contribution in [3.63, 3.8) is 0 Å². The summed E-state index contributed by atoms with van der Waals surface area (Å²) in [6, 6.07) is 3.59. The number of carboxylic acids is 1. The smallest absolute Gasteiger partial charge is 0.355 e. The van der Waals surface area contributed by atoms with Crippen molar-refractivity contribution in [2.45, 2.75) is 6.54 Å². The molecule has 0 unspecified atom stereocenters. The first-order valence-electron chi connectivity index (χ1n) is 6.04. The van der Waals surface area contributed by atoms with E-state index in [1.54, 1.807) is 24.5 Å². The SMILES string of the molecule is CN(CCO)Cc1sc(-c2ccncc2)nc1C(=O)O. The van der Waals surface area contributed by atoms with Crippen LogP contribution in [0.15, 0.2) is 24.5 Å². The fourth-order valence-corrected chi connectivity index (χ4v) is 2.88. The lowest BCUT2D eigenvalue weighted by Crippen LogP contribution is -2.22. The normalized spacial score (nSPS) is 10.9. The summed E-state index contributed by atoms with van der Waals surface area (Å²) in [5.74, 6) is -1.03. The minimum absolute atomic E-state index is 0.0366. The van der Waals surface area contributed by atoms with Gasteiger partial charge in [-0.15, -0.1) is 11.3 Å². The monoisotopic (exact) mass is 293 g/mol. The number of pyridine rings is 1. The molecule has 0 atom stereocenters. The van der Waals surface area contributed by atoms with Crippen LogP contribution in [0.3, 0.4) is 0 Å². The van der Waals surface area contributed by atoms with E-state index in [0.717, 1.165) is 5.56 Å². The molecule has 0 bridgehead atoms. The molecule has 7 heteroatoms. The van der Waals surface area contributed by atoms with Crippen molar-refractivity contribution < 1.29 is 15.0 Å². The molecule has 0 aliphatic heterocycles. The molecule has 2 rings (SSSR count). The van der Waals surface area contributed by atoms with Gasteiger partial charge in [-0.2, -0.15) is 0 Å². The van der Waals surface area contributed by atoms with E-state index in [9.17, 15) is 9.90 Å². The maximum Gasteiger partial charge on any atom is 0.355 e. The average Bonchev–Trinajstić information content (AvgIpc) is 2.84. The van der Waals surface area contributed by atoms with Crippen molar-refractivity contribution in [3.05, 3.63) is 35.1 Å². The van der Waals surface area contributed by atoms with Gasteiger partial charge in [-0.05, 0) is 19.2 Å². The minimum atomic E-state index is -1.03. The molecule has 0 amide bonds. The van der Waals surface area contributed by atoms with Gasteiger partial charge >= 0.3 is 5.97 Å². The Morgan fingerprint density at radius 3 is 2.70 bits per heavy atom. The number of aliphatic hydroxyl groups excluding tert-OH is 1. The number of carboxylic acid groups (broad SMARTS) is 1. The summed E-state index contributed by atoms with van der Waals surface area (Å²) in [6.45, 7) is 0.974. The lowest BCUT2D eigenvalue weighted by atomic mass is 10.3. The van der Waals surface area contributed by atoms with Gasteiger partial charge in [0.15, 0.2) is 5.69 Å². The Kier molecular flexibility index (Phi) is 4.78. The molecule has 20 heavy (non-hydrogen) atoms. The van der Waals surface area contributed by atoms with Crippen LogP contribution in [-0.2, 0) is 6.54 Å². The Labute approximate surface area is 120 Å². The lowest BCUT2D eigenvalue weighted by Gasteiger charge is -2.13. The molecule has 0 aliphatic rings. The molecule has 2 aromatic rings. The van der Waals surface area contributed by atoms with E-state index < -0.39 is 5.97 Å². The van der Waals surface area contributed by atoms with Crippen LogP contribution in [-0.4, -0.2) is 51.2 Å². The third-order valence-corrected chi connectivity index (χ3v) is 3.81. The first kappa shape index (κ1) is 14.6. The van der Waals surface area contributed by atoms with Crippen LogP contribution in [0.4, 0.5) is 0 Å². The summed E-state index contributed by atoms with van der Waals surface area (Å²) < 4.78 is 0. The van der Waals surface area contributed by atoms with Crippen molar-refractivity contribution in [3.8, 4) is 10.6 Å². The van der Waals surface area contributed by atoms with Crippen LogP contribution in [0.1, 0.15) is 15.4 Å². The van der Waals surface area contributed by atoms with Gasteiger partial charge in [0, 0.05) is 31.0 Å². The van der Waals surface area contributed by atoms with Gasteiger partial charge in [-0.3, -0.25) is 9.88 Å². The molecule has 2 aromatic heterocycles. The van der Waals surface area contributed by atoms with Crippen LogP contribution >= 0.6 is 11.3 Å². The van der Waals surface area contributed by atoms with Gasteiger partial charge in [-0.1, -0.05) is 0 Å². The number of aromatic nitrogens is 2. The second-order valence-corrected chi connectivity index (χ2v) is 5.38. The van der Waals surface area contributed by atoms with Crippen LogP contribution in [0.5, 0.6) is 0 Å². The Morgan fingerprint density at radius 1 is 1.40 bits per heavy atom. The van der Waals surface area contributed by atoms with Crippen molar-refractivity contribution >= 4 is 17.3 Å². The number of hydrogen-bond donors (Lipinski definition) is 2. The van der Waals surface area contributed by atoms with E-state index in [-0.39, 0.29) is 12.3 Å². The maximum atomic E-state index is 11.3. The van der Waals surface area contributed by atoms with E-state index >= 15 is 0 Å². The molecule has 106 valence electrons. The second kappa shape index (κ2) is 6.56. The number of likely N-dealkylation sites (N-methyl/N-ethyl adjacent to an activating group) is 1. The number of aliphatic hydroxyl groups is 1. The fraction of sp³-hybridized carbons (Fsp3) is 0.308. The minimum Gasteiger partial charge on any atom is -0.476 e. The standard InChI is InChI=1S/C13H15N3O3S/c1-16(6-7-17)8-10-11(13(18)19)15-12(20-10)9-2-4-14-5-3-9/h2-5,17H,6-8H2,1H3,(H,18,19). The highest BCUT2D eigenvalue weighted by Gasteiger charge is 2.19. The third kappa shape index (κ3) is 3.38. The molecular weight excluding hydrogens is 278 g/mol. The summed E-state index contributed by atoms with van der Waals surface area (Å²) in [6.07, 6.45) is 3.30. The number of hydrogen-bond acceptors (Lipinski definition) is 6. The quantitative estimate of drug-likeness (QED) is 0.835. The summed E-state index contributed by atoms with van der Waals surface area (Å²) in [7, 11) is 1.83. The summed E-state index contributed by atoms with van der Waals surface area (Å²) in [4.78, 5) is 21.9. The zero-order valence-corrected chi connectivity index (χ0v) is 11.8. The van der Waals surface area contributed by atoms with E-state index in [4.69, 9.17) is 5.11 Å². The molecule has 0 fully saturated rings. The van der Waals surface area contributed by atoms with E-state index in [0.29, 0.717) is 23.0 Å². The predicted octanol–water partition coefficient (Wildman–Crippen LogP) is 1.33. The number of nitrogens with zero attached hydrogens (tertiary/aromatic N) is 3. The number of carbonyl (C=O) groups is 1. The molecule has 0 aliphatic carbocycles.